The Morgan fingerprint density at radius 1 is 1.12 bits per heavy atom. The molecule has 0 bridgehead atoms. The Kier molecular flexibility index (Phi) is 4.10. The highest BCUT2D eigenvalue weighted by Crippen LogP contribution is 2.39. The number of phenols is 1. The van der Waals surface area contributed by atoms with Crippen LogP contribution in [0.3, 0.4) is 0 Å². The van der Waals surface area contributed by atoms with E-state index in [9.17, 15) is 9.90 Å². The normalized spacial score (nSPS) is 10.6. The lowest BCUT2D eigenvalue weighted by Gasteiger charge is -2.17. The van der Waals surface area contributed by atoms with Crippen LogP contribution in [-0.2, 0) is 0 Å². The quantitative estimate of drug-likeness (QED) is 0.637. The molecule has 25 heavy (non-hydrogen) atoms. The lowest BCUT2D eigenvalue weighted by Crippen LogP contribution is -2.14. The molecule has 0 aliphatic rings. The van der Waals surface area contributed by atoms with Crippen molar-refractivity contribution in [2.45, 2.75) is 13.8 Å². The van der Waals surface area contributed by atoms with Gasteiger partial charge in [0.15, 0.2) is 5.82 Å². The number of primary amides is 1. The zero-order chi connectivity index (χ0) is 18.1. The zero-order valence-electron chi connectivity index (χ0n) is 13.9. The molecule has 0 saturated heterocycles. The molecule has 5 N–H and O–H groups in total. The van der Waals surface area contributed by atoms with E-state index >= 15 is 0 Å². The number of aromatic hydroxyl groups is 1. The van der Waals surface area contributed by atoms with Crippen LogP contribution >= 0.6 is 0 Å². The third-order valence-electron chi connectivity index (χ3n) is 4.18. The fourth-order valence-corrected chi connectivity index (χ4v) is 2.89. The van der Waals surface area contributed by atoms with Crippen molar-refractivity contribution in [2.24, 2.45) is 5.73 Å². The van der Waals surface area contributed by atoms with E-state index in [1.54, 1.807) is 43.6 Å². The number of nitrogen functional groups attached to an aromatic ring is 1. The number of amides is 1. The van der Waals surface area contributed by atoms with Crippen molar-refractivity contribution in [3.63, 3.8) is 0 Å². The molecule has 0 aliphatic carbocycles. The molecular formula is C19H18N4O2. The largest absolute Gasteiger partial charge is 0.508 e. The van der Waals surface area contributed by atoms with Gasteiger partial charge in [-0.3, -0.25) is 4.79 Å². The molecule has 2 aromatic carbocycles. The van der Waals surface area contributed by atoms with Gasteiger partial charge in [-0.25, -0.2) is 9.97 Å². The van der Waals surface area contributed by atoms with E-state index in [0.29, 0.717) is 22.5 Å². The fraction of sp³-hybridized carbons (Fsp3) is 0.105. The van der Waals surface area contributed by atoms with Gasteiger partial charge in [0.05, 0.1) is 11.3 Å². The number of anilines is 1. The first kappa shape index (κ1) is 16.4. The Bertz CT molecular complexity index is 969. The van der Waals surface area contributed by atoms with E-state index < -0.39 is 5.91 Å². The van der Waals surface area contributed by atoms with Gasteiger partial charge in [0.1, 0.15) is 5.75 Å². The number of carbonyl (C=O) groups is 1. The molecule has 1 aromatic heterocycles. The van der Waals surface area contributed by atoms with Crippen LogP contribution in [0.5, 0.6) is 5.75 Å². The predicted molar refractivity (Wildman–Crippen MR) is 97.0 cm³/mol. The van der Waals surface area contributed by atoms with E-state index in [1.807, 2.05) is 13.0 Å². The van der Waals surface area contributed by atoms with Gasteiger partial charge in [-0.15, -0.1) is 0 Å². The van der Waals surface area contributed by atoms with Crippen molar-refractivity contribution in [1.29, 1.82) is 0 Å². The van der Waals surface area contributed by atoms with Crippen LogP contribution in [0.4, 0.5) is 5.69 Å². The number of aryl methyl sites for hydroxylation is 1. The van der Waals surface area contributed by atoms with E-state index in [4.69, 9.17) is 11.5 Å². The molecule has 0 spiro atoms. The summed E-state index contributed by atoms with van der Waals surface area (Å²) in [6, 6.07) is 8.53. The number of benzene rings is 2. The van der Waals surface area contributed by atoms with Gasteiger partial charge in [0, 0.05) is 23.5 Å². The smallest absolute Gasteiger partial charge is 0.250 e. The molecule has 3 aromatic rings. The van der Waals surface area contributed by atoms with Crippen molar-refractivity contribution in [2.75, 3.05) is 5.73 Å². The SMILES string of the molecule is Cc1ccc(O)c(C)c1-c1cc(-c2ncccn2)cc(C(N)=O)c1N. The highest BCUT2D eigenvalue weighted by atomic mass is 16.3. The van der Waals surface area contributed by atoms with Crippen LogP contribution in [-0.4, -0.2) is 21.0 Å². The molecule has 1 heterocycles. The maximum atomic E-state index is 11.9. The highest BCUT2D eigenvalue weighted by Gasteiger charge is 2.19. The van der Waals surface area contributed by atoms with Gasteiger partial charge >= 0.3 is 0 Å². The lowest BCUT2D eigenvalue weighted by molar-refractivity contribution is 0.100. The molecule has 0 saturated carbocycles. The minimum atomic E-state index is -0.632. The maximum absolute atomic E-state index is 11.9. The first-order valence-electron chi connectivity index (χ1n) is 7.70. The standard InChI is InChI=1S/C19H18N4O2/c1-10-4-5-15(24)11(2)16(10)13-8-12(19-22-6-3-7-23-19)9-14(17(13)20)18(21)25/h3-9,24H,20H2,1-2H3,(H2,21,25). The first-order chi connectivity index (χ1) is 11.9. The number of rotatable bonds is 3. The summed E-state index contributed by atoms with van der Waals surface area (Å²) < 4.78 is 0. The molecule has 0 fully saturated rings. The molecule has 0 atom stereocenters. The monoisotopic (exact) mass is 334 g/mol. The van der Waals surface area contributed by atoms with Crippen LogP contribution in [0.1, 0.15) is 21.5 Å². The topological polar surface area (TPSA) is 115 Å². The molecule has 3 rings (SSSR count). The average molecular weight is 334 g/mol. The maximum Gasteiger partial charge on any atom is 0.250 e. The average Bonchev–Trinajstić information content (AvgIpc) is 2.60. The Morgan fingerprint density at radius 2 is 1.80 bits per heavy atom. The van der Waals surface area contributed by atoms with E-state index in [0.717, 1.165) is 11.1 Å². The summed E-state index contributed by atoms with van der Waals surface area (Å²) in [5.41, 5.74) is 15.8. The van der Waals surface area contributed by atoms with E-state index in [1.165, 1.54) is 0 Å². The van der Waals surface area contributed by atoms with Crippen LogP contribution in [0.2, 0.25) is 0 Å². The summed E-state index contributed by atoms with van der Waals surface area (Å²) in [7, 11) is 0. The molecule has 0 aliphatic heterocycles. The number of nitrogens with two attached hydrogens (primary N) is 2. The van der Waals surface area contributed by atoms with Crippen LogP contribution < -0.4 is 11.5 Å². The fourth-order valence-electron chi connectivity index (χ4n) is 2.89. The number of phenolic OH excluding ortho intramolecular Hbond substituents is 1. The summed E-state index contributed by atoms with van der Waals surface area (Å²) in [6.07, 6.45) is 3.24. The second-order valence-corrected chi connectivity index (χ2v) is 5.82. The molecule has 0 unspecified atom stereocenters. The minimum absolute atomic E-state index is 0.155. The zero-order valence-corrected chi connectivity index (χ0v) is 13.9. The summed E-state index contributed by atoms with van der Waals surface area (Å²) in [5, 5.41) is 10.1. The van der Waals surface area contributed by atoms with Crippen LogP contribution in [0.25, 0.3) is 22.5 Å². The van der Waals surface area contributed by atoms with Gasteiger partial charge in [-0.2, -0.15) is 0 Å². The number of hydrogen-bond acceptors (Lipinski definition) is 5. The van der Waals surface area contributed by atoms with E-state index in [-0.39, 0.29) is 17.0 Å². The Morgan fingerprint density at radius 3 is 2.44 bits per heavy atom. The summed E-state index contributed by atoms with van der Waals surface area (Å²) in [4.78, 5) is 20.3. The molecule has 6 nitrogen and oxygen atoms in total. The Labute approximate surface area is 145 Å². The Hall–Kier alpha value is -3.41. The first-order valence-corrected chi connectivity index (χ1v) is 7.70. The third-order valence-corrected chi connectivity index (χ3v) is 4.18. The lowest BCUT2D eigenvalue weighted by atomic mass is 9.90. The second-order valence-electron chi connectivity index (χ2n) is 5.82. The van der Waals surface area contributed by atoms with Gasteiger partial charge in [-0.05, 0) is 54.8 Å². The van der Waals surface area contributed by atoms with Gasteiger partial charge in [-0.1, -0.05) is 6.07 Å². The number of nitrogens with zero attached hydrogens (tertiary/aromatic N) is 2. The molecule has 1 amide bonds. The second kappa shape index (κ2) is 6.24. The number of hydrogen-bond donors (Lipinski definition) is 3. The minimum Gasteiger partial charge on any atom is -0.508 e. The highest BCUT2D eigenvalue weighted by molar-refractivity contribution is 6.03. The predicted octanol–water partition coefficient (Wildman–Crippen LogP) is 2.81. The number of aromatic nitrogens is 2. The van der Waals surface area contributed by atoms with Crippen molar-refractivity contribution in [3.8, 4) is 28.3 Å². The van der Waals surface area contributed by atoms with Crippen molar-refractivity contribution in [1.82, 2.24) is 9.97 Å². The van der Waals surface area contributed by atoms with Crippen molar-refractivity contribution in [3.05, 3.63) is 59.4 Å². The molecule has 6 heteroatoms. The van der Waals surface area contributed by atoms with Gasteiger partial charge < -0.3 is 16.6 Å². The number of carbonyl (C=O) groups excluding carboxylic acids is 1. The summed E-state index contributed by atoms with van der Waals surface area (Å²) in [5.74, 6) is -0.0179. The summed E-state index contributed by atoms with van der Waals surface area (Å²) >= 11 is 0. The van der Waals surface area contributed by atoms with Crippen LogP contribution in [0, 0.1) is 13.8 Å². The Balaban J connectivity index is 2.36. The molecular weight excluding hydrogens is 316 g/mol. The van der Waals surface area contributed by atoms with Crippen molar-refractivity contribution < 1.29 is 9.90 Å². The molecule has 126 valence electrons. The van der Waals surface area contributed by atoms with E-state index in [2.05, 4.69) is 9.97 Å². The van der Waals surface area contributed by atoms with Crippen molar-refractivity contribution >= 4 is 11.6 Å². The van der Waals surface area contributed by atoms with Gasteiger partial charge in [0.25, 0.3) is 5.91 Å². The third kappa shape index (κ3) is 2.89. The summed E-state index contributed by atoms with van der Waals surface area (Å²) in [6.45, 7) is 3.71. The van der Waals surface area contributed by atoms with Gasteiger partial charge in [0.2, 0.25) is 0 Å². The van der Waals surface area contributed by atoms with Crippen LogP contribution in [0.15, 0.2) is 42.7 Å². The molecule has 0 radical (unpaired) electrons.